The first-order valence-corrected chi connectivity index (χ1v) is 8.05. The molecule has 0 aliphatic carbocycles. The van der Waals surface area contributed by atoms with Gasteiger partial charge in [-0.25, -0.2) is 13.4 Å². The number of hydrogen-bond acceptors (Lipinski definition) is 5. The molecule has 0 bridgehead atoms. The van der Waals surface area contributed by atoms with Gasteiger partial charge in [0, 0.05) is 11.8 Å². The topological polar surface area (TPSA) is 80.3 Å². The van der Waals surface area contributed by atoms with Crippen molar-refractivity contribution in [1.82, 2.24) is 4.98 Å². The number of sulfonamides is 1. The molecule has 2 N–H and O–H groups in total. The van der Waals surface area contributed by atoms with Crippen LogP contribution in [0.5, 0.6) is 5.75 Å². The van der Waals surface area contributed by atoms with E-state index in [1.807, 2.05) is 24.3 Å². The lowest BCUT2D eigenvalue weighted by Crippen LogP contribution is -2.15. The van der Waals surface area contributed by atoms with Gasteiger partial charge in [0.15, 0.2) is 0 Å². The Kier molecular flexibility index (Phi) is 4.64. The van der Waals surface area contributed by atoms with E-state index in [1.165, 1.54) is 0 Å². The number of pyridine rings is 1. The van der Waals surface area contributed by atoms with Gasteiger partial charge in [0.25, 0.3) is 0 Å². The molecule has 0 aliphatic rings. The minimum atomic E-state index is -3.30. The monoisotopic (exact) mass is 307 g/mol. The summed E-state index contributed by atoms with van der Waals surface area (Å²) < 4.78 is 30.4. The fraction of sp³-hybridized carbons (Fsp3) is 0.214. The number of nitrogens with zero attached hydrogens (tertiary/aromatic N) is 1. The number of hydrogen-bond donors (Lipinski definition) is 2. The second-order valence-corrected chi connectivity index (χ2v) is 6.31. The molecule has 0 saturated heterocycles. The van der Waals surface area contributed by atoms with Gasteiger partial charge >= 0.3 is 0 Å². The van der Waals surface area contributed by atoms with Gasteiger partial charge in [-0.05, 0) is 31.2 Å². The summed E-state index contributed by atoms with van der Waals surface area (Å²) in [5, 5.41) is 3.16. The van der Waals surface area contributed by atoms with E-state index in [1.54, 1.807) is 32.4 Å². The molecule has 0 atom stereocenters. The molecule has 0 unspecified atom stereocenters. The molecule has 2 aromatic rings. The minimum absolute atomic E-state index is 0.0124. The first kappa shape index (κ1) is 15.1. The maximum absolute atomic E-state index is 11.4. The largest absolute Gasteiger partial charge is 0.497 e. The van der Waals surface area contributed by atoms with Gasteiger partial charge in [0.05, 0.1) is 24.7 Å². The lowest BCUT2D eigenvalue weighted by molar-refractivity contribution is 0.415. The van der Waals surface area contributed by atoms with Crippen LogP contribution in [0.25, 0.3) is 0 Å². The third kappa shape index (κ3) is 4.35. The maximum atomic E-state index is 11.4. The van der Waals surface area contributed by atoms with Crippen LogP contribution < -0.4 is 14.8 Å². The second-order valence-electron chi connectivity index (χ2n) is 4.29. The second kappa shape index (κ2) is 6.45. The SMILES string of the molecule is CCS(=O)(=O)Nc1ccc(Nc2cccc(OC)c2)cn1. The predicted octanol–water partition coefficient (Wildman–Crippen LogP) is 2.60. The fourth-order valence-corrected chi connectivity index (χ4v) is 2.21. The van der Waals surface area contributed by atoms with Crippen molar-refractivity contribution >= 4 is 27.2 Å². The molecule has 2 rings (SSSR count). The summed E-state index contributed by atoms with van der Waals surface area (Å²) in [4.78, 5) is 4.07. The molecule has 6 nitrogen and oxygen atoms in total. The number of nitrogens with one attached hydrogen (secondary N) is 2. The number of aromatic nitrogens is 1. The van der Waals surface area contributed by atoms with Crippen LogP contribution in [0.1, 0.15) is 6.92 Å². The van der Waals surface area contributed by atoms with E-state index in [0.717, 1.165) is 17.1 Å². The van der Waals surface area contributed by atoms with Crippen molar-refractivity contribution in [2.75, 3.05) is 22.9 Å². The molecule has 0 amide bonds. The summed E-state index contributed by atoms with van der Waals surface area (Å²) in [6.07, 6.45) is 1.56. The van der Waals surface area contributed by atoms with Gasteiger partial charge in [0.2, 0.25) is 10.0 Å². The molecule has 112 valence electrons. The Balaban J connectivity index is 2.08. The lowest BCUT2D eigenvalue weighted by atomic mass is 10.3. The first-order valence-electron chi connectivity index (χ1n) is 6.40. The van der Waals surface area contributed by atoms with Gasteiger partial charge in [-0.1, -0.05) is 6.07 Å². The van der Waals surface area contributed by atoms with E-state index in [2.05, 4.69) is 15.0 Å². The zero-order valence-corrected chi connectivity index (χ0v) is 12.6. The molecular weight excluding hydrogens is 290 g/mol. The molecular formula is C14H17N3O3S. The average Bonchev–Trinajstić information content (AvgIpc) is 2.49. The molecule has 1 aromatic carbocycles. The highest BCUT2D eigenvalue weighted by Gasteiger charge is 2.07. The molecule has 1 heterocycles. The van der Waals surface area contributed by atoms with Crippen molar-refractivity contribution in [3.05, 3.63) is 42.6 Å². The van der Waals surface area contributed by atoms with Crippen LogP contribution in [-0.4, -0.2) is 26.3 Å². The number of ether oxygens (including phenoxy) is 1. The Morgan fingerprint density at radius 3 is 2.62 bits per heavy atom. The summed E-state index contributed by atoms with van der Waals surface area (Å²) in [6.45, 7) is 1.57. The zero-order chi connectivity index (χ0) is 15.3. The fourth-order valence-electron chi connectivity index (χ4n) is 1.63. The Bertz CT molecular complexity index is 700. The van der Waals surface area contributed by atoms with Crippen molar-refractivity contribution in [2.45, 2.75) is 6.92 Å². The van der Waals surface area contributed by atoms with E-state index in [-0.39, 0.29) is 5.75 Å². The molecule has 21 heavy (non-hydrogen) atoms. The highest BCUT2D eigenvalue weighted by molar-refractivity contribution is 7.92. The van der Waals surface area contributed by atoms with E-state index in [4.69, 9.17) is 4.74 Å². The summed E-state index contributed by atoms with van der Waals surface area (Å²) in [5.74, 6) is 1.06. The van der Waals surface area contributed by atoms with Gasteiger partial charge in [0.1, 0.15) is 11.6 Å². The number of benzene rings is 1. The van der Waals surface area contributed by atoms with Crippen LogP contribution in [0.3, 0.4) is 0 Å². The van der Waals surface area contributed by atoms with Crippen LogP contribution in [0.2, 0.25) is 0 Å². The first-order chi connectivity index (χ1) is 10.0. The molecule has 1 aromatic heterocycles. The van der Waals surface area contributed by atoms with E-state index < -0.39 is 10.0 Å². The Morgan fingerprint density at radius 2 is 2.00 bits per heavy atom. The van der Waals surface area contributed by atoms with E-state index in [9.17, 15) is 8.42 Å². The molecule has 0 saturated carbocycles. The van der Waals surface area contributed by atoms with Crippen molar-refractivity contribution in [3.63, 3.8) is 0 Å². The molecule has 0 fully saturated rings. The Hall–Kier alpha value is -2.28. The van der Waals surface area contributed by atoms with Crippen molar-refractivity contribution in [2.24, 2.45) is 0 Å². The van der Waals surface area contributed by atoms with Crippen LogP contribution in [0.15, 0.2) is 42.6 Å². The quantitative estimate of drug-likeness (QED) is 0.857. The Morgan fingerprint density at radius 1 is 1.19 bits per heavy atom. The third-order valence-electron chi connectivity index (χ3n) is 2.76. The standard InChI is InChI=1S/C14H17N3O3S/c1-3-21(18,19)17-14-8-7-12(10-15-14)16-11-5-4-6-13(9-11)20-2/h4-10,16H,3H2,1-2H3,(H,15,17). The van der Waals surface area contributed by atoms with Crippen LogP contribution in [0.4, 0.5) is 17.2 Å². The number of anilines is 3. The van der Waals surface area contributed by atoms with Crippen LogP contribution >= 0.6 is 0 Å². The van der Waals surface area contributed by atoms with Gasteiger partial charge in [-0.3, -0.25) is 4.72 Å². The highest BCUT2D eigenvalue weighted by Crippen LogP contribution is 2.21. The van der Waals surface area contributed by atoms with Crippen molar-refractivity contribution < 1.29 is 13.2 Å². The van der Waals surface area contributed by atoms with Crippen molar-refractivity contribution in [1.29, 1.82) is 0 Å². The van der Waals surface area contributed by atoms with Crippen LogP contribution in [-0.2, 0) is 10.0 Å². The zero-order valence-electron chi connectivity index (χ0n) is 11.8. The van der Waals surface area contributed by atoms with Crippen LogP contribution in [0, 0.1) is 0 Å². The summed E-state index contributed by atoms with van der Waals surface area (Å²) in [5.41, 5.74) is 1.61. The van der Waals surface area contributed by atoms with Gasteiger partial charge < -0.3 is 10.1 Å². The smallest absolute Gasteiger partial charge is 0.233 e. The van der Waals surface area contributed by atoms with Gasteiger partial charge in [-0.15, -0.1) is 0 Å². The van der Waals surface area contributed by atoms with E-state index in [0.29, 0.717) is 5.82 Å². The van der Waals surface area contributed by atoms with Crippen molar-refractivity contribution in [3.8, 4) is 5.75 Å². The maximum Gasteiger partial charge on any atom is 0.233 e. The molecule has 0 aliphatic heterocycles. The Labute approximate surface area is 124 Å². The predicted molar refractivity (Wildman–Crippen MR) is 83.6 cm³/mol. The molecule has 0 spiro atoms. The summed E-state index contributed by atoms with van der Waals surface area (Å²) in [6, 6.07) is 10.8. The van der Waals surface area contributed by atoms with Gasteiger partial charge in [-0.2, -0.15) is 0 Å². The highest BCUT2D eigenvalue weighted by atomic mass is 32.2. The lowest BCUT2D eigenvalue weighted by Gasteiger charge is -2.09. The summed E-state index contributed by atoms with van der Waals surface area (Å²) >= 11 is 0. The molecule has 0 radical (unpaired) electrons. The average molecular weight is 307 g/mol. The summed E-state index contributed by atoms with van der Waals surface area (Å²) in [7, 11) is -1.70. The molecule has 7 heteroatoms. The van der Waals surface area contributed by atoms with E-state index >= 15 is 0 Å². The third-order valence-corrected chi connectivity index (χ3v) is 4.04. The number of rotatable bonds is 6. The normalized spacial score (nSPS) is 11.0. The minimum Gasteiger partial charge on any atom is -0.497 e. The number of methoxy groups -OCH3 is 1.